The van der Waals surface area contributed by atoms with Crippen molar-refractivity contribution in [1.82, 2.24) is 4.90 Å². The summed E-state index contributed by atoms with van der Waals surface area (Å²) in [5.41, 5.74) is 2.17. The fourth-order valence-corrected chi connectivity index (χ4v) is 3.87. The Kier molecular flexibility index (Phi) is 6.34. The van der Waals surface area contributed by atoms with Crippen molar-refractivity contribution in [3.05, 3.63) is 65.7 Å². The van der Waals surface area contributed by atoms with Crippen molar-refractivity contribution < 1.29 is 14.3 Å². The molecule has 0 saturated carbocycles. The number of carbonyl (C=O) groups is 2. The number of carbonyl (C=O) groups excluding carboxylic acids is 2. The minimum Gasteiger partial charge on any atom is -0.466 e. The molecule has 5 heteroatoms. The lowest BCUT2D eigenvalue weighted by molar-refractivity contribution is -0.158. The Morgan fingerprint density at radius 3 is 2.54 bits per heavy atom. The summed E-state index contributed by atoms with van der Waals surface area (Å²) in [4.78, 5) is 27.6. The number of nitrogens with zero attached hydrogens (tertiary/aromatic N) is 1. The smallest absolute Gasteiger partial charge is 0.321 e. The predicted molar refractivity (Wildman–Crippen MR) is 110 cm³/mol. The number of esters is 1. The highest BCUT2D eigenvalue weighted by molar-refractivity contribution is 5.91. The lowest BCUT2D eigenvalue weighted by Gasteiger charge is -2.41. The highest BCUT2D eigenvalue weighted by atomic mass is 16.5. The number of hydrogen-bond donors (Lipinski definition) is 1. The molecular formula is C23H28N2O3. The highest BCUT2D eigenvalue weighted by Gasteiger charge is 2.44. The fourth-order valence-electron chi connectivity index (χ4n) is 3.87. The molecule has 148 valence electrons. The van der Waals surface area contributed by atoms with Crippen LogP contribution in [0.4, 0.5) is 10.5 Å². The molecule has 3 rings (SSSR count). The van der Waals surface area contributed by atoms with Crippen LogP contribution in [0.15, 0.2) is 54.6 Å². The maximum Gasteiger partial charge on any atom is 0.321 e. The van der Waals surface area contributed by atoms with Gasteiger partial charge in [-0.05, 0) is 50.3 Å². The van der Waals surface area contributed by atoms with E-state index in [4.69, 9.17) is 4.74 Å². The van der Waals surface area contributed by atoms with Crippen molar-refractivity contribution in [3.8, 4) is 0 Å². The second-order valence-electron chi connectivity index (χ2n) is 7.43. The molecule has 0 bridgehead atoms. The first-order chi connectivity index (χ1) is 13.5. The second-order valence-corrected chi connectivity index (χ2v) is 7.43. The van der Waals surface area contributed by atoms with Crippen LogP contribution in [0.2, 0.25) is 0 Å². The van der Waals surface area contributed by atoms with Crippen LogP contribution < -0.4 is 5.32 Å². The second kappa shape index (κ2) is 8.91. The average molecular weight is 380 g/mol. The molecule has 1 heterocycles. The van der Waals surface area contributed by atoms with Gasteiger partial charge in [0.05, 0.1) is 12.0 Å². The number of piperidine rings is 1. The molecule has 2 aromatic rings. The number of amides is 2. The van der Waals surface area contributed by atoms with E-state index in [9.17, 15) is 9.59 Å². The summed E-state index contributed by atoms with van der Waals surface area (Å²) in [7, 11) is 0. The van der Waals surface area contributed by atoms with Gasteiger partial charge in [0.2, 0.25) is 0 Å². The number of urea groups is 1. The third kappa shape index (κ3) is 4.53. The number of rotatable bonds is 5. The van der Waals surface area contributed by atoms with Crippen LogP contribution >= 0.6 is 0 Å². The van der Waals surface area contributed by atoms with Crippen molar-refractivity contribution in [2.24, 2.45) is 5.41 Å². The van der Waals surface area contributed by atoms with E-state index in [1.54, 1.807) is 4.90 Å². The van der Waals surface area contributed by atoms with Crippen molar-refractivity contribution in [2.75, 3.05) is 25.0 Å². The molecule has 0 aliphatic carbocycles. The number of benzene rings is 2. The fraction of sp³-hybridized carbons (Fsp3) is 0.391. The van der Waals surface area contributed by atoms with Crippen LogP contribution in [0.25, 0.3) is 0 Å². The maximum atomic E-state index is 12.9. The number of aryl methyl sites for hydroxylation is 1. The molecule has 0 spiro atoms. The molecule has 0 unspecified atom stereocenters. The molecule has 1 atom stereocenters. The van der Waals surface area contributed by atoms with E-state index in [1.165, 1.54) is 0 Å². The van der Waals surface area contributed by atoms with Crippen molar-refractivity contribution in [3.63, 3.8) is 0 Å². The van der Waals surface area contributed by atoms with E-state index in [0.29, 0.717) is 26.1 Å². The Balaban J connectivity index is 1.80. The molecule has 1 aliphatic heterocycles. The highest BCUT2D eigenvalue weighted by Crippen LogP contribution is 2.35. The van der Waals surface area contributed by atoms with Gasteiger partial charge in [0.15, 0.2) is 0 Å². The molecule has 1 aliphatic rings. The van der Waals surface area contributed by atoms with E-state index < -0.39 is 5.41 Å². The van der Waals surface area contributed by atoms with Gasteiger partial charge in [-0.3, -0.25) is 4.79 Å². The third-order valence-electron chi connectivity index (χ3n) is 5.34. The van der Waals surface area contributed by atoms with Crippen LogP contribution in [0.3, 0.4) is 0 Å². The SMILES string of the molecule is CCOC(=O)[C@@]1(Cc2ccccc2)CCCN(C(=O)Nc2ccccc2C)C1. The third-order valence-corrected chi connectivity index (χ3v) is 5.34. The van der Waals surface area contributed by atoms with Gasteiger partial charge in [-0.2, -0.15) is 0 Å². The number of hydrogen-bond acceptors (Lipinski definition) is 3. The zero-order valence-electron chi connectivity index (χ0n) is 16.6. The molecule has 1 saturated heterocycles. The van der Waals surface area contributed by atoms with Crippen LogP contribution in [0.1, 0.15) is 30.9 Å². The van der Waals surface area contributed by atoms with Gasteiger partial charge in [-0.1, -0.05) is 48.5 Å². The van der Waals surface area contributed by atoms with Gasteiger partial charge in [0, 0.05) is 18.8 Å². The first-order valence-corrected chi connectivity index (χ1v) is 9.87. The Morgan fingerprint density at radius 1 is 1.11 bits per heavy atom. The number of likely N-dealkylation sites (tertiary alicyclic amines) is 1. The van der Waals surface area contributed by atoms with Crippen molar-refractivity contribution in [2.45, 2.75) is 33.1 Å². The summed E-state index contributed by atoms with van der Waals surface area (Å²) in [6.07, 6.45) is 2.06. The van der Waals surface area contributed by atoms with Gasteiger partial charge < -0.3 is 15.0 Å². The molecule has 2 amide bonds. The molecule has 2 aromatic carbocycles. The maximum absolute atomic E-state index is 12.9. The van der Waals surface area contributed by atoms with E-state index in [0.717, 1.165) is 29.7 Å². The number of nitrogens with one attached hydrogen (secondary N) is 1. The molecule has 5 nitrogen and oxygen atoms in total. The van der Waals surface area contributed by atoms with E-state index >= 15 is 0 Å². The van der Waals surface area contributed by atoms with E-state index in [-0.39, 0.29) is 12.0 Å². The number of anilines is 1. The summed E-state index contributed by atoms with van der Waals surface area (Å²) < 4.78 is 5.43. The normalized spacial score (nSPS) is 19.1. The van der Waals surface area contributed by atoms with Gasteiger partial charge in [-0.15, -0.1) is 0 Å². The van der Waals surface area contributed by atoms with Gasteiger partial charge in [0.1, 0.15) is 0 Å². The largest absolute Gasteiger partial charge is 0.466 e. The zero-order valence-corrected chi connectivity index (χ0v) is 16.6. The lowest BCUT2D eigenvalue weighted by Crippen LogP contribution is -2.52. The molecule has 28 heavy (non-hydrogen) atoms. The van der Waals surface area contributed by atoms with E-state index in [1.807, 2.05) is 68.4 Å². The minimum absolute atomic E-state index is 0.171. The molecule has 0 aromatic heterocycles. The first-order valence-electron chi connectivity index (χ1n) is 9.87. The van der Waals surface area contributed by atoms with Crippen LogP contribution in [0.5, 0.6) is 0 Å². The van der Waals surface area contributed by atoms with Crippen LogP contribution in [-0.2, 0) is 16.0 Å². The molecule has 1 N–H and O–H groups in total. The Labute approximate surface area is 166 Å². The minimum atomic E-state index is -0.710. The topological polar surface area (TPSA) is 58.6 Å². The van der Waals surface area contributed by atoms with Gasteiger partial charge in [-0.25, -0.2) is 4.79 Å². The Hall–Kier alpha value is -2.82. The summed E-state index contributed by atoms with van der Waals surface area (Å²) in [6.45, 7) is 5.11. The average Bonchev–Trinajstić information content (AvgIpc) is 2.71. The molecular weight excluding hydrogens is 352 g/mol. The predicted octanol–water partition coefficient (Wildman–Crippen LogP) is 4.41. The van der Waals surface area contributed by atoms with Gasteiger partial charge >= 0.3 is 12.0 Å². The summed E-state index contributed by atoms with van der Waals surface area (Å²) in [5.74, 6) is -0.216. The number of para-hydroxylation sites is 1. The first kappa shape index (κ1) is 19.9. The zero-order chi connectivity index (χ0) is 20.0. The van der Waals surface area contributed by atoms with E-state index in [2.05, 4.69) is 5.32 Å². The standard InChI is InChI=1S/C23H28N2O3/c1-3-28-21(26)23(16-19-11-5-4-6-12-19)14-9-15-25(17-23)22(27)24-20-13-8-7-10-18(20)2/h4-8,10-13H,3,9,14-17H2,1-2H3,(H,24,27)/t23-/m1/s1. The summed E-state index contributed by atoms with van der Waals surface area (Å²) in [5, 5.41) is 2.99. The van der Waals surface area contributed by atoms with Crippen LogP contribution in [-0.4, -0.2) is 36.6 Å². The Bertz CT molecular complexity index is 822. The Morgan fingerprint density at radius 2 is 1.82 bits per heavy atom. The quantitative estimate of drug-likeness (QED) is 0.782. The summed E-state index contributed by atoms with van der Waals surface area (Å²) >= 11 is 0. The van der Waals surface area contributed by atoms with Crippen molar-refractivity contribution in [1.29, 1.82) is 0 Å². The number of ether oxygens (including phenoxy) is 1. The molecule has 1 fully saturated rings. The van der Waals surface area contributed by atoms with Crippen molar-refractivity contribution >= 4 is 17.7 Å². The van der Waals surface area contributed by atoms with Crippen LogP contribution in [0, 0.1) is 12.3 Å². The van der Waals surface area contributed by atoms with Gasteiger partial charge in [0.25, 0.3) is 0 Å². The lowest BCUT2D eigenvalue weighted by atomic mass is 9.75. The monoisotopic (exact) mass is 380 g/mol. The summed E-state index contributed by atoms with van der Waals surface area (Å²) in [6, 6.07) is 17.5. The molecule has 0 radical (unpaired) electrons.